The number of rotatable bonds is 6. The predicted molar refractivity (Wildman–Crippen MR) is 113 cm³/mol. The van der Waals surface area contributed by atoms with Gasteiger partial charge in [0, 0.05) is 24.4 Å². The fourth-order valence-corrected chi connectivity index (χ4v) is 3.10. The molecule has 1 N–H and O–H groups in total. The molecule has 1 heterocycles. The van der Waals surface area contributed by atoms with Crippen molar-refractivity contribution in [1.29, 1.82) is 0 Å². The zero-order valence-electron chi connectivity index (χ0n) is 16.6. The van der Waals surface area contributed by atoms with Crippen LogP contribution in [0.3, 0.4) is 0 Å². The van der Waals surface area contributed by atoms with E-state index < -0.39 is 0 Å². The van der Waals surface area contributed by atoms with Crippen LogP contribution in [0.4, 0.5) is 11.4 Å². The third-order valence-electron chi connectivity index (χ3n) is 4.65. The first kappa shape index (κ1) is 19.7. The van der Waals surface area contributed by atoms with Gasteiger partial charge in [-0.05, 0) is 41.7 Å². The number of fused-ring (bicyclic) bond motifs is 1. The molecule has 2 amide bonds. The van der Waals surface area contributed by atoms with Gasteiger partial charge >= 0.3 is 0 Å². The molecule has 0 saturated heterocycles. The molecular weight excluding hydrogens is 352 g/mol. The lowest BCUT2D eigenvalue weighted by Crippen LogP contribution is -2.39. The van der Waals surface area contributed by atoms with E-state index in [0.717, 1.165) is 17.7 Å². The maximum absolute atomic E-state index is 12.2. The Morgan fingerprint density at radius 1 is 1.21 bits per heavy atom. The number of carbonyl (C=O) groups excluding carboxylic acids is 2. The largest absolute Gasteiger partial charge is 0.481 e. The van der Waals surface area contributed by atoms with Crippen molar-refractivity contribution in [2.45, 2.75) is 33.1 Å². The Hall–Kier alpha value is -3.08. The fraction of sp³-hybridized carbons (Fsp3) is 0.304. The fourth-order valence-electron chi connectivity index (χ4n) is 3.10. The Balaban J connectivity index is 1.66. The van der Waals surface area contributed by atoms with E-state index in [9.17, 15) is 9.59 Å². The summed E-state index contributed by atoms with van der Waals surface area (Å²) in [5.41, 5.74) is 3.62. The highest BCUT2D eigenvalue weighted by Gasteiger charge is 2.24. The molecule has 0 radical (unpaired) electrons. The van der Waals surface area contributed by atoms with Gasteiger partial charge in [0.2, 0.25) is 5.91 Å². The maximum atomic E-state index is 12.2. The van der Waals surface area contributed by atoms with Crippen molar-refractivity contribution >= 4 is 29.3 Å². The normalized spacial score (nSPS) is 13.6. The van der Waals surface area contributed by atoms with E-state index in [1.54, 1.807) is 23.1 Å². The van der Waals surface area contributed by atoms with Crippen LogP contribution >= 0.6 is 0 Å². The average Bonchev–Trinajstić information content (AvgIpc) is 2.69. The number of hydrogen-bond donors (Lipinski definition) is 1. The number of amides is 2. The van der Waals surface area contributed by atoms with Crippen molar-refractivity contribution < 1.29 is 14.3 Å². The molecule has 2 aromatic rings. The monoisotopic (exact) mass is 378 g/mol. The number of benzene rings is 2. The molecule has 146 valence electrons. The zero-order chi connectivity index (χ0) is 20.1. The van der Waals surface area contributed by atoms with Crippen molar-refractivity contribution in [1.82, 2.24) is 0 Å². The van der Waals surface area contributed by atoms with Crippen molar-refractivity contribution in [2.24, 2.45) is 0 Å². The number of nitrogens with zero attached hydrogens (tertiary/aromatic N) is 1. The van der Waals surface area contributed by atoms with E-state index in [4.69, 9.17) is 4.74 Å². The van der Waals surface area contributed by atoms with Crippen LogP contribution in [-0.2, 0) is 9.59 Å². The summed E-state index contributed by atoms with van der Waals surface area (Å²) in [6, 6.07) is 13.5. The van der Waals surface area contributed by atoms with Crippen LogP contribution in [0.1, 0.15) is 44.2 Å². The highest BCUT2D eigenvalue weighted by molar-refractivity contribution is 6.03. The molecular formula is C23H26N2O3. The SMILES string of the molecule is CCCN1C(=O)COc2cc(NC(=O)/C=C/c3ccc(C(C)C)cc3)ccc21. The lowest BCUT2D eigenvalue weighted by Gasteiger charge is -2.29. The van der Waals surface area contributed by atoms with E-state index >= 15 is 0 Å². The summed E-state index contributed by atoms with van der Waals surface area (Å²) in [6.07, 6.45) is 4.17. The Morgan fingerprint density at radius 3 is 2.64 bits per heavy atom. The van der Waals surface area contributed by atoms with Crippen molar-refractivity contribution in [3.63, 3.8) is 0 Å². The summed E-state index contributed by atoms with van der Waals surface area (Å²) in [7, 11) is 0. The van der Waals surface area contributed by atoms with Crippen molar-refractivity contribution in [3.05, 3.63) is 59.7 Å². The smallest absolute Gasteiger partial charge is 0.265 e. The van der Waals surface area contributed by atoms with Gasteiger partial charge in [-0.15, -0.1) is 0 Å². The number of anilines is 2. The summed E-state index contributed by atoms with van der Waals surface area (Å²) < 4.78 is 5.53. The van der Waals surface area contributed by atoms with E-state index in [-0.39, 0.29) is 18.4 Å². The lowest BCUT2D eigenvalue weighted by molar-refractivity contribution is -0.121. The van der Waals surface area contributed by atoms with Gasteiger partial charge in [-0.1, -0.05) is 45.0 Å². The molecule has 0 atom stereocenters. The van der Waals surface area contributed by atoms with Crippen LogP contribution < -0.4 is 15.0 Å². The second-order valence-electron chi connectivity index (χ2n) is 7.16. The standard InChI is InChI=1S/C23H26N2O3/c1-4-13-25-20-11-10-19(14-21(20)28-15-23(25)27)24-22(26)12-7-17-5-8-18(9-6-17)16(2)3/h5-12,14,16H,4,13,15H2,1-3H3,(H,24,26)/b12-7+. The second-order valence-corrected chi connectivity index (χ2v) is 7.16. The van der Waals surface area contributed by atoms with E-state index in [0.29, 0.717) is 23.9 Å². The molecule has 5 nitrogen and oxygen atoms in total. The first-order chi connectivity index (χ1) is 13.5. The minimum atomic E-state index is -0.217. The zero-order valence-corrected chi connectivity index (χ0v) is 16.6. The van der Waals surface area contributed by atoms with Crippen molar-refractivity contribution in [3.8, 4) is 5.75 Å². The Kier molecular flexibility index (Phi) is 6.14. The van der Waals surface area contributed by atoms with Gasteiger partial charge in [0.25, 0.3) is 5.91 Å². The van der Waals surface area contributed by atoms with Gasteiger partial charge in [-0.3, -0.25) is 9.59 Å². The van der Waals surface area contributed by atoms with Crippen LogP contribution in [0.25, 0.3) is 6.08 Å². The third kappa shape index (κ3) is 4.60. The molecule has 0 fully saturated rings. The number of nitrogens with one attached hydrogen (secondary N) is 1. The van der Waals surface area contributed by atoms with Gasteiger partial charge in [0.05, 0.1) is 5.69 Å². The highest BCUT2D eigenvalue weighted by Crippen LogP contribution is 2.34. The Morgan fingerprint density at radius 2 is 1.96 bits per heavy atom. The van der Waals surface area contributed by atoms with E-state index in [2.05, 4.69) is 31.3 Å². The molecule has 2 aromatic carbocycles. The number of ether oxygens (including phenoxy) is 1. The molecule has 1 aliphatic rings. The van der Waals surface area contributed by atoms with Gasteiger partial charge in [-0.25, -0.2) is 0 Å². The Labute approximate surface area is 166 Å². The summed E-state index contributed by atoms with van der Waals surface area (Å²) in [5.74, 6) is 0.831. The summed E-state index contributed by atoms with van der Waals surface area (Å²) in [6.45, 7) is 7.01. The average molecular weight is 378 g/mol. The van der Waals surface area contributed by atoms with Crippen LogP contribution in [0.2, 0.25) is 0 Å². The minimum absolute atomic E-state index is 0.0245. The summed E-state index contributed by atoms with van der Waals surface area (Å²) >= 11 is 0. The third-order valence-corrected chi connectivity index (χ3v) is 4.65. The highest BCUT2D eigenvalue weighted by atomic mass is 16.5. The van der Waals surface area contributed by atoms with Gasteiger partial charge in [0.15, 0.2) is 6.61 Å². The quantitative estimate of drug-likeness (QED) is 0.748. The molecule has 3 rings (SSSR count). The molecule has 0 aliphatic carbocycles. The van der Waals surface area contributed by atoms with Crippen LogP contribution in [0.15, 0.2) is 48.5 Å². The number of hydrogen-bond acceptors (Lipinski definition) is 3. The summed E-state index contributed by atoms with van der Waals surface area (Å²) in [4.78, 5) is 26.0. The van der Waals surface area contributed by atoms with Crippen molar-refractivity contribution in [2.75, 3.05) is 23.4 Å². The lowest BCUT2D eigenvalue weighted by atomic mass is 10.0. The van der Waals surface area contributed by atoms with Crippen LogP contribution in [-0.4, -0.2) is 25.0 Å². The molecule has 0 bridgehead atoms. The maximum Gasteiger partial charge on any atom is 0.265 e. The van der Waals surface area contributed by atoms with Gasteiger partial charge in [-0.2, -0.15) is 0 Å². The molecule has 0 saturated carbocycles. The molecule has 5 heteroatoms. The van der Waals surface area contributed by atoms with E-state index in [1.807, 2.05) is 25.1 Å². The first-order valence-corrected chi connectivity index (χ1v) is 9.64. The van der Waals surface area contributed by atoms with Gasteiger partial charge < -0.3 is 15.0 Å². The second kappa shape index (κ2) is 8.74. The molecule has 0 aromatic heterocycles. The van der Waals surface area contributed by atoms with Crippen LogP contribution in [0.5, 0.6) is 5.75 Å². The number of carbonyl (C=O) groups is 2. The molecule has 0 spiro atoms. The van der Waals surface area contributed by atoms with Gasteiger partial charge in [0.1, 0.15) is 5.75 Å². The topological polar surface area (TPSA) is 58.6 Å². The molecule has 1 aliphatic heterocycles. The summed E-state index contributed by atoms with van der Waals surface area (Å²) in [5, 5.41) is 2.84. The predicted octanol–water partition coefficient (Wildman–Crippen LogP) is 4.60. The van der Waals surface area contributed by atoms with E-state index in [1.165, 1.54) is 11.6 Å². The molecule has 0 unspecified atom stereocenters. The van der Waals surface area contributed by atoms with Crippen LogP contribution in [0, 0.1) is 0 Å². The Bertz CT molecular complexity index is 885. The minimum Gasteiger partial charge on any atom is -0.481 e. The molecule has 28 heavy (non-hydrogen) atoms. The first-order valence-electron chi connectivity index (χ1n) is 9.64.